The van der Waals surface area contributed by atoms with Crippen molar-refractivity contribution in [2.24, 2.45) is 0 Å². The third-order valence-electron chi connectivity index (χ3n) is 2.71. The minimum atomic E-state index is -0.158. The van der Waals surface area contributed by atoms with Crippen LogP contribution in [-0.2, 0) is 0 Å². The van der Waals surface area contributed by atoms with Crippen LogP contribution in [0.5, 0.6) is 0 Å². The minimum Gasteiger partial charge on any atom is -0.396 e. The lowest BCUT2D eigenvalue weighted by atomic mass is 10.2. The fraction of sp³-hybridized carbons (Fsp3) is 0.500. The zero-order valence-corrected chi connectivity index (χ0v) is 12.1. The maximum absolute atomic E-state index is 11.6. The van der Waals surface area contributed by atoms with Gasteiger partial charge in [-0.1, -0.05) is 25.1 Å². The Bertz CT molecular complexity index is 360. The van der Waals surface area contributed by atoms with Crippen LogP contribution in [0.25, 0.3) is 0 Å². The van der Waals surface area contributed by atoms with Crippen molar-refractivity contribution >= 4 is 17.8 Å². The van der Waals surface area contributed by atoms with Crippen molar-refractivity contribution in [3.05, 3.63) is 30.3 Å². The van der Waals surface area contributed by atoms with Crippen LogP contribution >= 0.6 is 11.8 Å². The van der Waals surface area contributed by atoms with Gasteiger partial charge in [0.25, 0.3) is 0 Å². The van der Waals surface area contributed by atoms with Crippen LogP contribution in [0.2, 0.25) is 0 Å². The van der Waals surface area contributed by atoms with Crippen LogP contribution in [0, 0.1) is 0 Å². The van der Waals surface area contributed by atoms with Crippen LogP contribution in [0.4, 0.5) is 4.79 Å². The van der Waals surface area contributed by atoms with Gasteiger partial charge in [-0.3, -0.25) is 0 Å². The second-order valence-electron chi connectivity index (χ2n) is 4.18. The second-order valence-corrected chi connectivity index (χ2v) is 5.35. The number of rotatable bonds is 8. The first-order chi connectivity index (χ1) is 9.26. The molecule has 1 unspecified atom stereocenters. The monoisotopic (exact) mass is 282 g/mol. The molecule has 0 radical (unpaired) electrons. The largest absolute Gasteiger partial charge is 0.396 e. The Hall–Kier alpha value is -1.20. The number of hydrogen-bond acceptors (Lipinski definition) is 3. The molecule has 19 heavy (non-hydrogen) atoms. The number of aliphatic hydroxyl groups excluding tert-OH is 1. The molecule has 1 aromatic carbocycles. The van der Waals surface area contributed by atoms with E-state index in [1.54, 1.807) is 11.8 Å². The maximum Gasteiger partial charge on any atom is 0.315 e. The first kappa shape index (κ1) is 15.9. The predicted octanol–water partition coefficient (Wildman–Crippen LogP) is 2.24. The van der Waals surface area contributed by atoms with Crippen molar-refractivity contribution in [2.75, 3.05) is 18.9 Å². The highest BCUT2D eigenvalue weighted by Crippen LogP contribution is 2.15. The summed E-state index contributed by atoms with van der Waals surface area (Å²) in [6, 6.07) is 9.99. The van der Waals surface area contributed by atoms with Gasteiger partial charge in [-0.2, -0.15) is 0 Å². The highest BCUT2D eigenvalue weighted by molar-refractivity contribution is 7.99. The van der Waals surface area contributed by atoms with Crippen molar-refractivity contribution in [3.63, 3.8) is 0 Å². The van der Waals surface area contributed by atoms with E-state index < -0.39 is 0 Å². The number of urea groups is 1. The number of hydrogen-bond donors (Lipinski definition) is 3. The molecular formula is C14H22N2O2S. The Kier molecular flexibility index (Phi) is 8.09. The Morgan fingerprint density at radius 3 is 2.74 bits per heavy atom. The molecule has 1 aromatic rings. The molecule has 106 valence electrons. The molecule has 0 aromatic heterocycles. The summed E-state index contributed by atoms with van der Waals surface area (Å²) < 4.78 is 0. The van der Waals surface area contributed by atoms with E-state index in [2.05, 4.69) is 22.8 Å². The molecule has 3 N–H and O–H groups in total. The SMILES string of the molecule is CCC(CCO)NC(=O)NCCSc1ccccc1. The van der Waals surface area contributed by atoms with Gasteiger partial charge in [0.05, 0.1) is 0 Å². The number of nitrogens with one attached hydrogen (secondary N) is 2. The third kappa shape index (κ3) is 7.08. The summed E-state index contributed by atoms with van der Waals surface area (Å²) >= 11 is 1.71. The van der Waals surface area contributed by atoms with Gasteiger partial charge in [0.1, 0.15) is 0 Å². The zero-order valence-electron chi connectivity index (χ0n) is 11.3. The van der Waals surface area contributed by atoms with Crippen LogP contribution in [0.15, 0.2) is 35.2 Å². The lowest BCUT2D eigenvalue weighted by Gasteiger charge is -2.16. The van der Waals surface area contributed by atoms with Gasteiger partial charge in [0, 0.05) is 29.8 Å². The molecule has 0 aliphatic heterocycles. The summed E-state index contributed by atoms with van der Waals surface area (Å²) in [5.41, 5.74) is 0. The number of aliphatic hydroxyl groups is 1. The molecule has 0 aliphatic carbocycles. The molecule has 1 rings (SSSR count). The molecule has 0 saturated carbocycles. The van der Waals surface area contributed by atoms with Crippen LogP contribution < -0.4 is 10.6 Å². The molecule has 4 nitrogen and oxygen atoms in total. The molecule has 5 heteroatoms. The fourth-order valence-electron chi connectivity index (χ4n) is 1.62. The number of benzene rings is 1. The molecule has 2 amide bonds. The summed E-state index contributed by atoms with van der Waals surface area (Å²) in [5.74, 6) is 0.841. The minimum absolute atomic E-state index is 0.0479. The van der Waals surface area contributed by atoms with Gasteiger partial charge in [0.15, 0.2) is 0 Å². The Morgan fingerprint density at radius 2 is 2.11 bits per heavy atom. The second kappa shape index (κ2) is 9.69. The Balaban J connectivity index is 2.13. The maximum atomic E-state index is 11.6. The molecule has 0 heterocycles. The number of carbonyl (C=O) groups is 1. The normalized spacial score (nSPS) is 11.9. The van der Waals surface area contributed by atoms with Gasteiger partial charge in [0.2, 0.25) is 0 Å². The van der Waals surface area contributed by atoms with E-state index in [-0.39, 0.29) is 18.7 Å². The quantitative estimate of drug-likeness (QED) is 0.506. The van der Waals surface area contributed by atoms with Gasteiger partial charge in [-0.05, 0) is 25.0 Å². The van der Waals surface area contributed by atoms with Crippen LogP contribution in [-0.4, -0.2) is 36.1 Å². The van der Waals surface area contributed by atoms with Crippen LogP contribution in [0.1, 0.15) is 19.8 Å². The average molecular weight is 282 g/mol. The third-order valence-corrected chi connectivity index (χ3v) is 3.72. The smallest absolute Gasteiger partial charge is 0.315 e. The highest BCUT2D eigenvalue weighted by atomic mass is 32.2. The topological polar surface area (TPSA) is 61.4 Å². The fourth-order valence-corrected chi connectivity index (χ4v) is 2.41. The van der Waals surface area contributed by atoms with Crippen molar-refractivity contribution in [3.8, 4) is 0 Å². The van der Waals surface area contributed by atoms with Crippen molar-refractivity contribution in [1.29, 1.82) is 0 Å². The van der Waals surface area contributed by atoms with E-state index in [9.17, 15) is 4.79 Å². The first-order valence-corrected chi connectivity index (χ1v) is 7.58. The van der Waals surface area contributed by atoms with Gasteiger partial charge in [-0.15, -0.1) is 11.8 Å². The van der Waals surface area contributed by atoms with Crippen molar-refractivity contribution in [2.45, 2.75) is 30.7 Å². The summed E-state index contributed by atoms with van der Waals surface area (Å²) in [7, 11) is 0. The van der Waals surface area contributed by atoms with E-state index in [1.807, 2.05) is 25.1 Å². The first-order valence-electron chi connectivity index (χ1n) is 6.59. The molecule has 0 saturated heterocycles. The van der Waals surface area contributed by atoms with E-state index in [0.29, 0.717) is 13.0 Å². The summed E-state index contributed by atoms with van der Waals surface area (Å²) in [5, 5.41) is 14.5. The lowest BCUT2D eigenvalue weighted by Crippen LogP contribution is -2.42. The summed E-state index contributed by atoms with van der Waals surface area (Å²) in [6.07, 6.45) is 1.43. The number of thioether (sulfide) groups is 1. The summed E-state index contributed by atoms with van der Waals surface area (Å²) in [4.78, 5) is 12.8. The predicted molar refractivity (Wildman–Crippen MR) is 79.5 cm³/mol. The van der Waals surface area contributed by atoms with E-state index in [4.69, 9.17) is 5.11 Å². The molecule has 0 spiro atoms. The summed E-state index contributed by atoms with van der Waals surface area (Å²) in [6.45, 7) is 2.72. The Labute approximate surface area is 119 Å². The van der Waals surface area contributed by atoms with Crippen molar-refractivity contribution in [1.82, 2.24) is 10.6 Å². The van der Waals surface area contributed by atoms with Crippen LogP contribution in [0.3, 0.4) is 0 Å². The molecule has 1 atom stereocenters. The van der Waals surface area contributed by atoms with E-state index in [1.165, 1.54) is 4.90 Å². The van der Waals surface area contributed by atoms with Gasteiger partial charge in [-0.25, -0.2) is 4.79 Å². The number of amides is 2. The van der Waals surface area contributed by atoms with E-state index >= 15 is 0 Å². The average Bonchev–Trinajstić information content (AvgIpc) is 2.44. The van der Waals surface area contributed by atoms with E-state index in [0.717, 1.165) is 12.2 Å². The van der Waals surface area contributed by atoms with Gasteiger partial charge >= 0.3 is 6.03 Å². The zero-order chi connectivity index (χ0) is 13.9. The lowest BCUT2D eigenvalue weighted by molar-refractivity contribution is 0.228. The standard InChI is InChI=1S/C14H22N2O2S/c1-2-12(8-10-17)16-14(18)15-9-11-19-13-6-4-3-5-7-13/h3-7,12,17H,2,8-11H2,1H3,(H2,15,16,18). The number of carbonyl (C=O) groups excluding carboxylic acids is 1. The molecule has 0 fully saturated rings. The molecular weight excluding hydrogens is 260 g/mol. The van der Waals surface area contributed by atoms with Crippen molar-refractivity contribution < 1.29 is 9.90 Å². The molecule has 0 bridgehead atoms. The molecule has 0 aliphatic rings. The highest BCUT2D eigenvalue weighted by Gasteiger charge is 2.08. The Morgan fingerprint density at radius 1 is 1.37 bits per heavy atom. The van der Waals surface area contributed by atoms with Gasteiger partial charge < -0.3 is 15.7 Å².